The van der Waals surface area contributed by atoms with Crippen molar-refractivity contribution in [1.29, 1.82) is 0 Å². The molecule has 0 spiro atoms. The number of aromatic nitrogens is 2. The van der Waals surface area contributed by atoms with Crippen LogP contribution in [0, 0.1) is 10.1 Å². The van der Waals surface area contributed by atoms with Crippen molar-refractivity contribution < 1.29 is 4.92 Å². The van der Waals surface area contributed by atoms with E-state index in [1.165, 1.54) is 12.1 Å². The third-order valence-corrected chi connectivity index (χ3v) is 4.84. The van der Waals surface area contributed by atoms with Crippen LogP contribution >= 0.6 is 11.6 Å². The fourth-order valence-corrected chi connectivity index (χ4v) is 3.39. The molecule has 1 aliphatic rings. The summed E-state index contributed by atoms with van der Waals surface area (Å²) < 4.78 is 0. The Bertz CT molecular complexity index is 814. The third kappa shape index (κ3) is 4.04. The minimum absolute atomic E-state index is 0.104. The summed E-state index contributed by atoms with van der Waals surface area (Å²) in [6.45, 7) is 5.29. The lowest BCUT2D eigenvalue weighted by atomic mass is 10.2. The highest BCUT2D eigenvalue weighted by molar-refractivity contribution is 6.32. The molecule has 1 saturated heterocycles. The number of rotatable bonds is 6. The van der Waals surface area contributed by atoms with Crippen LogP contribution in [0.1, 0.15) is 38.8 Å². The van der Waals surface area contributed by atoms with Crippen LogP contribution in [-0.2, 0) is 6.42 Å². The predicted octanol–water partition coefficient (Wildman–Crippen LogP) is 4.72. The quantitative estimate of drug-likeness (QED) is 0.580. The highest BCUT2D eigenvalue weighted by Gasteiger charge is 2.23. The van der Waals surface area contributed by atoms with Crippen molar-refractivity contribution in [3.8, 4) is 0 Å². The molecule has 138 valence electrons. The van der Waals surface area contributed by atoms with Gasteiger partial charge in [-0.15, -0.1) is 0 Å². The van der Waals surface area contributed by atoms with Crippen LogP contribution in [0.15, 0.2) is 24.3 Å². The number of anilines is 3. The zero-order valence-corrected chi connectivity index (χ0v) is 15.7. The van der Waals surface area contributed by atoms with Gasteiger partial charge in [0.15, 0.2) is 0 Å². The van der Waals surface area contributed by atoms with E-state index in [9.17, 15) is 10.1 Å². The zero-order valence-electron chi connectivity index (χ0n) is 14.9. The van der Waals surface area contributed by atoms with Crippen LogP contribution in [-0.4, -0.2) is 27.5 Å². The first-order chi connectivity index (χ1) is 12.5. The first-order valence-corrected chi connectivity index (χ1v) is 9.21. The Balaban J connectivity index is 1.92. The number of nitro groups is 1. The summed E-state index contributed by atoms with van der Waals surface area (Å²) in [4.78, 5) is 22.1. The molecule has 1 aromatic carbocycles. The van der Waals surface area contributed by atoms with Gasteiger partial charge in [0.1, 0.15) is 10.8 Å². The molecule has 1 unspecified atom stereocenters. The molecule has 0 amide bonds. The second-order valence-electron chi connectivity index (χ2n) is 6.52. The molecule has 7 nitrogen and oxygen atoms in total. The van der Waals surface area contributed by atoms with Crippen molar-refractivity contribution in [2.75, 3.05) is 16.8 Å². The van der Waals surface area contributed by atoms with Gasteiger partial charge in [0.25, 0.3) is 5.69 Å². The molecule has 0 aliphatic carbocycles. The molecule has 1 atom stereocenters. The van der Waals surface area contributed by atoms with E-state index in [-0.39, 0.29) is 10.7 Å². The second kappa shape index (κ2) is 7.86. The zero-order chi connectivity index (χ0) is 18.7. The highest BCUT2D eigenvalue weighted by atomic mass is 35.5. The Hall–Kier alpha value is -2.41. The number of hydrogen-bond donors (Lipinski definition) is 1. The van der Waals surface area contributed by atoms with Gasteiger partial charge < -0.3 is 10.2 Å². The molecule has 1 aliphatic heterocycles. The van der Waals surface area contributed by atoms with Gasteiger partial charge in [0.05, 0.1) is 4.92 Å². The number of nitro benzene ring substituents is 1. The summed E-state index contributed by atoms with van der Waals surface area (Å²) in [7, 11) is 0. The average Bonchev–Trinajstić information content (AvgIpc) is 3.02. The number of halogens is 1. The number of nitrogens with one attached hydrogen (secondary N) is 1. The van der Waals surface area contributed by atoms with Gasteiger partial charge >= 0.3 is 0 Å². The van der Waals surface area contributed by atoms with E-state index in [0.29, 0.717) is 17.7 Å². The number of aryl methyl sites for hydroxylation is 1. The molecule has 1 fully saturated rings. The smallest absolute Gasteiger partial charge is 0.289 e. The lowest BCUT2D eigenvalue weighted by Crippen LogP contribution is -2.27. The van der Waals surface area contributed by atoms with Crippen molar-refractivity contribution in [1.82, 2.24) is 9.97 Å². The van der Waals surface area contributed by atoms with Crippen molar-refractivity contribution in [2.45, 2.75) is 45.6 Å². The molecular weight excluding hydrogens is 354 g/mol. The summed E-state index contributed by atoms with van der Waals surface area (Å²) in [5.41, 5.74) is 1.35. The van der Waals surface area contributed by atoms with Gasteiger partial charge in [-0.05, 0) is 38.3 Å². The molecule has 0 saturated carbocycles. The van der Waals surface area contributed by atoms with Crippen molar-refractivity contribution in [3.05, 3.63) is 45.1 Å². The van der Waals surface area contributed by atoms with Crippen LogP contribution in [0.25, 0.3) is 0 Å². The van der Waals surface area contributed by atoms with E-state index < -0.39 is 4.92 Å². The van der Waals surface area contributed by atoms with Gasteiger partial charge in [-0.1, -0.05) is 24.9 Å². The van der Waals surface area contributed by atoms with Gasteiger partial charge in [-0.2, -0.15) is 4.98 Å². The minimum Gasteiger partial charge on any atom is -0.354 e. The molecule has 1 N–H and O–H groups in total. The van der Waals surface area contributed by atoms with E-state index >= 15 is 0 Å². The topological polar surface area (TPSA) is 84.2 Å². The second-order valence-corrected chi connectivity index (χ2v) is 6.93. The Labute approximate surface area is 157 Å². The minimum atomic E-state index is -0.501. The van der Waals surface area contributed by atoms with Crippen molar-refractivity contribution in [2.24, 2.45) is 0 Å². The van der Waals surface area contributed by atoms with Crippen molar-refractivity contribution in [3.63, 3.8) is 0 Å². The van der Waals surface area contributed by atoms with E-state index in [1.54, 1.807) is 6.07 Å². The summed E-state index contributed by atoms with van der Waals surface area (Å²) in [6, 6.07) is 7.07. The molecule has 2 heterocycles. The van der Waals surface area contributed by atoms with Crippen LogP contribution in [0.4, 0.5) is 23.1 Å². The van der Waals surface area contributed by atoms with Gasteiger partial charge in [-0.25, -0.2) is 4.98 Å². The maximum Gasteiger partial charge on any atom is 0.289 e. The van der Waals surface area contributed by atoms with Gasteiger partial charge in [0, 0.05) is 36.1 Å². The SMILES string of the molecule is CCCc1cc(N2CCCC2C)nc(Nc2ccc(Cl)c([N+](=O)[O-])c2)n1. The highest BCUT2D eigenvalue weighted by Crippen LogP contribution is 2.30. The standard InChI is InChI=1S/C18H22ClN5O2/c1-3-5-13-11-17(23-9-4-6-12(23)2)22-18(20-13)21-14-7-8-15(19)16(10-14)24(25)26/h7-8,10-12H,3-6,9H2,1-2H3,(H,20,21,22). The summed E-state index contributed by atoms with van der Waals surface area (Å²) >= 11 is 5.88. The molecule has 0 radical (unpaired) electrons. The summed E-state index contributed by atoms with van der Waals surface area (Å²) in [5.74, 6) is 1.35. The van der Waals surface area contributed by atoms with Crippen LogP contribution in [0.5, 0.6) is 0 Å². The maximum absolute atomic E-state index is 11.1. The largest absolute Gasteiger partial charge is 0.354 e. The molecular formula is C18H22ClN5O2. The molecule has 2 aromatic rings. The lowest BCUT2D eigenvalue weighted by molar-refractivity contribution is -0.384. The normalized spacial score (nSPS) is 16.7. The van der Waals surface area contributed by atoms with Gasteiger partial charge in [-0.3, -0.25) is 10.1 Å². The Kier molecular flexibility index (Phi) is 5.56. The van der Waals surface area contributed by atoms with Crippen LogP contribution in [0.2, 0.25) is 5.02 Å². The van der Waals surface area contributed by atoms with Crippen molar-refractivity contribution >= 4 is 34.7 Å². The Morgan fingerprint density at radius 1 is 1.38 bits per heavy atom. The number of benzene rings is 1. The van der Waals surface area contributed by atoms with E-state index in [2.05, 4.69) is 34.0 Å². The molecule has 1 aromatic heterocycles. The monoisotopic (exact) mass is 375 g/mol. The third-order valence-electron chi connectivity index (χ3n) is 4.52. The molecule has 8 heteroatoms. The Morgan fingerprint density at radius 2 is 2.19 bits per heavy atom. The average molecular weight is 376 g/mol. The number of hydrogen-bond acceptors (Lipinski definition) is 6. The predicted molar refractivity (Wildman–Crippen MR) is 103 cm³/mol. The van der Waals surface area contributed by atoms with Crippen LogP contribution in [0.3, 0.4) is 0 Å². The van der Waals surface area contributed by atoms with Crippen LogP contribution < -0.4 is 10.2 Å². The molecule has 26 heavy (non-hydrogen) atoms. The van der Waals surface area contributed by atoms with Gasteiger partial charge in [0.2, 0.25) is 5.95 Å². The summed E-state index contributed by atoms with van der Waals surface area (Å²) in [5, 5.41) is 14.3. The molecule has 3 rings (SSSR count). The fraction of sp³-hybridized carbons (Fsp3) is 0.444. The van der Waals surface area contributed by atoms with E-state index in [1.807, 2.05) is 6.07 Å². The van der Waals surface area contributed by atoms with E-state index in [0.717, 1.165) is 43.7 Å². The molecule has 0 bridgehead atoms. The Morgan fingerprint density at radius 3 is 2.85 bits per heavy atom. The first-order valence-electron chi connectivity index (χ1n) is 8.83. The maximum atomic E-state index is 11.1. The fourth-order valence-electron chi connectivity index (χ4n) is 3.20. The van der Waals surface area contributed by atoms with E-state index in [4.69, 9.17) is 11.6 Å². The lowest BCUT2D eigenvalue weighted by Gasteiger charge is -2.23. The number of nitrogens with zero attached hydrogens (tertiary/aromatic N) is 4. The summed E-state index contributed by atoms with van der Waals surface area (Å²) in [6.07, 6.45) is 4.14. The first kappa shape index (κ1) is 18.4.